The number of aryl methyl sites for hydroxylation is 1. The van der Waals surface area contributed by atoms with Crippen LogP contribution in [0.1, 0.15) is 30.1 Å². The molecule has 0 bridgehead atoms. The number of halogens is 1. The summed E-state index contributed by atoms with van der Waals surface area (Å²) in [5.41, 5.74) is 2.70. The lowest BCUT2D eigenvalue weighted by atomic mass is 10.2. The SMILES string of the molecule is Cc1ccc(-c2nc(C3CC3)c(I)c(=O)[nH]2)cn1. The Morgan fingerprint density at radius 2 is 2.17 bits per heavy atom. The predicted molar refractivity (Wildman–Crippen MR) is 77.5 cm³/mol. The van der Waals surface area contributed by atoms with E-state index in [9.17, 15) is 4.79 Å². The van der Waals surface area contributed by atoms with Gasteiger partial charge in [0.15, 0.2) is 0 Å². The fourth-order valence-corrected chi connectivity index (χ4v) is 2.54. The number of rotatable bonds is 2. The summed E-state index contributed by atoms with van der Waals surface area (Å²) < 4.78 is 0.721. The highest BCUT2D eigenvalue weighted by Gasteiger charge is 2.28. The van der Waals surface area contributed by atoms with Gasteiger partial charge in [0, 0.05) is 23.4 Å². The molecule has 18 heavy (non-hydrogen) atoms. The highest BCUT2D eigenvalue weighted by molar-refractivity contribution is 14.1. The molecular formula is C13H12IN3O. The molecule has 0 saturated heterocycles. The lowest BCUT2D eigenvalue weighted by Crippen LogP contribution is -2.16. The molecule has 2 aromatic heterocycles. The van der Waals surface area contributed by atoms with Gasteiger partial charge in [-0.1, -0.05) is 0 Å². The zero-order valence-electron chi connectivity index (χ0n) is 9.90. The van der Waals surface area contributed by atoms with E-state index in [0.717, 1.165) is 33.4 Å². The van der Waals surface area contributed by atoms with Crippen LogP contribution in [0.5, 0.6) is 0 Å². The van der Waals surface area contributed by atoms with E-state index in [2.05, 4.69) is 37.5 Å². The molecule has 2 aromatic rings. The molecule has 4 nitrogen and oxygen atoms in total. The lowest BCUT2D eigenvalue weighted by molar-refractivity contribution is 0.956. The van der Waals surface area contributed by atoms with Gasteiger partial charge in [0.1, 0.15) is 5.82 Å². The first kappa shape index (κ1) is 11.8. The number of hydrogen-bond acceptors (Lipinski definition) is 3. The van der Waals surface area contributed by atoms with Crippen molar-refractivity contribution in [3.8, 4) is 11.4 Å². The monoisotopic (exact) mass is 353 g/mol. The molecule has 1 aliphatic rings. The van der Waals surface area contributed by atoms with Gasteiger partial charge >= 0.3 is 0 Å². The van der Waals surface area contributed by atoms with Crippen LogP contribution in [0.15, 0.2) is 23.1 Å². The minimum absolute atomic E-state index is 0.0527. The first-order valence-corrected chi connectivity index (χ1v) is 6.96. The summed E-state index contributed by atoms with van der Waals surface area (Å²) in [5.74, 6) is 1.09. The average molecular weight is 353 g/mol. The highest BCUT2D eigenvalue weighted by atomic mass is 127. The summed E-state index contributed by atoms with van der Waals surface area (Å²) in [6, 6.07) is 3.86. The molecule has 5 heteroatoms. The quantitative estimate of drug-likeness (QED) is 0.845. The van der Waals surface area contributed by atoms with Crippen molar-refractivity contribution in [1.82, 2.24) is 15.0 Å². The molecule has 1 N–H and O–H groups in total. The van der Waals surface area contributed by atoms with Gasteiger partial charge in [-0.25, -0.2) is 4.98 Å². The number of hydrogen-bond donors (Lipinski definition) is 1. The van der Waals surface area contributed by atoms with E-state index < -0.39 is 0 Å². The third-order valence-corrected chi connectivity index (χ3v) is 4.08. The van der Waals surface area contributed by atoms with Gasteiger partial charge in [0.05, 0.1) is 9.26 Å². The van der Waals surface area contributed by atoms with Crippen molar-refractivity contribution in [2.75, 3.05) is 0 Å². The second-order valence-electron chi connectivity index (χ2n) is 4.58. The second-order valence-corrected chi connectivity index (χ2v) is 5.66. The summed E-state index contributed by atoms with van der Waals surface area (Å²) in [5, 5.41) is 0. The maximum atomic E-state index is 11.9. The maximum Gasteiger partial charge on any atom is 0.264 e. The molecule has 0 unspecified atom stereocenters. The van der Waals surface area contributed by atoms with E-state index in [1.54, 1.807) is 6.20 Å². The largest absolute Gasteiger partial charge is 0.306 e. The molecule has 2 heterocycles. The van der Waals surface area contributed by atoms with E-state index in [0.29, 0.717) is 11.7 Å². The summed E-state index contributed by atoms with van der Waals surface area (Å²) in [7, 11) is 0. The van der Waals surface area contributed by atoms with E-state index >= 15 is 0 Å². The molecule has 0 radical (unpaired) electrons. The van der Waals surface area contributed by atoms with E-state index in [-0.39, 0.29) is 5.56 Å². The van der Waals surface area contributed by atoms with Crippen LogP contribution in [0.4, 0.5) is 0 Å². The van der Waals surface area contributed by atoms with Crippen molar-refractivity contribution < 1.29 is 0 Å². The van der Waals surface area contributed by atoms with Crippen LogP contribution in [0.2, 0.25) is 0 Å². The molecule has 0 spiro atoms. The summed E-state index contributed by atoms with van der Waals surface area (Å²) in [6.07, 6.45) is 4.02. The van der Waals surface area contributed by atoms with E-state index in [1.165, 1.54) is 0 Å². The van der Waals surface area contributed by atoms with Crippen LogP contribution in [-0.2, 0) is 0 Å². The van der Waals surface area contributed by atoms with Crippen LogP contribution in [0.25, 0.3) is 11.4 Å². The molecule has 0 aliphatic heterocycles. The molecule has 92 valence electrons. The second kappa shape index (κ2) is 4.46. The Morgan fingerprint density at radius 3 is 2.78 bits per heavy atom. The number of pyridine rings is 1. The van der Waals surface area contributed by atoms with E-state index in [1.807, 2.05) is 19.1 Å². The lowest BCUT2D eigenvalue weighted by Gasteiger charge is -2.05. The van der Waals surface area contributed by atoms with Crippen LogP contribution < -0.4 is 5.56 Å². The number of aromatic amines is 1. The first-order chi connectivity index (χ1) is 8.65. The molecule has 1 aliphatic carbocycles. The number of H-pyrrole nitrogens is 1. The van der Waals surface area contributed by atoms with E-state index in [4.69, 9.17) is 0 Å². The molecule has 1 fully saturated rings. The molecule has 1 saturated carbocycles. The number of nitrogens with zero attached hydrogens (tertiary/aromatic N) is 2. The third-order valence-electron chi connectivity index (χ3n) is 3.04. The summed E-state index contributed by atoms with van der Waals surface area (Å²) >= 11 is 2.08. The fourth-order valence-electron chi connectivity index (χ4n) is 1.85. The van der Waals surface area contributed by atoms with Crippen molar-refractivity contribution in [1.29, 1.82) is 0 Å². The van der Waals surface area contributed by atoms with Crippen molar-refractivity contribution in [3.63, 3.8) is 0 Å². The van der Waals surface area contributed by atoms with Crippen LogP contribution in [0.3, 0.4) is 0 Å². The Labute approximate surface area is 118 Å². The summed E-state index contributed by atoms with van der Waals surface area (Å²) in [6.45, 7) is 1.93. The average Bonchev–Trinajstić information content (AvgIpc) is 3.18. The van der Waals surface area contributed by atoms with Gasteiger partial charge in [-0.15, -0.1) is 0 Å². The molecule has 0 aromatic carbocycles. The first-order valence-electron chi connectivity index (χ1n) is 5.88. The van der Waals surface area contributed by atoms with Gasteiger partial charge in [0.2, 0.25) is 0 Å². The number of aromatic nitrogens is 3. The van der Waals surface area contributed by atoms with Crippen LogP contribution in [-0.4, -0.2) is 15.0 Å². The standard InChI is InChI=1S/C13H12IN3O/c1-7-2-3-9(6-15-7)12-16-11(8-4-5-8)10(14)13(18)17-12/h2-3,6,8H,4-5H2,1H3,(H,16,17,18). The molecule has 3 rings (SSSR count). The summed E-state index contributed by atoms with van der Waals surface area (Å²) in [4.78, 5) is 23.6. The van der Waals surface area contributed by atoms with Gasteiger partial charge in [-0.05, 0) is 54.5 Å². The van der Waals surface area contributed by atoms with Crippen LogP contribution >= 0.6 is 22.6 Å². The minimum Gasteiger partial charge on any atom is -0.306 e. The minimum atomic E-state index is -0.0527. The molecule has 0 atom stereocenters. The zero-order chi connectivity index (χ0) is 12.7. The Morgan fingerprint density at radius 1 is 1.39 bits per heavy atom. The maximum absolute atomic E-state index is 11.9. The van der Waals surface area contributed by atoms with Crippen molar-refractivity contribution >= 4 is 22.6 Å². The zero-order valence-corrected chi connectivity index (χ0v) is 12.1. The van der Waals surface area contributed by atoms with Gasteiger partial charge in [-0.3, -0.25) is 9.78 Å². The topological polar surface area (TPSA) is 58.6 Å². The van der Waals surface area contributed by atoms with Crippen molar-refractivity contribution in [2.45, 2.75) is 25.7 Å². The third kappa shape index (κ3) is 2.19. The van der Waals surface area contributed by atoms with Crippen molar-refractivity contribution in [3.05, 3.63) is 43.6 Å². The molecule has 0 amide bonds. The molecular weight excluding hydrogens is 341 g/mol. The Kier molecular flexibility index (Phi) is 2.93. The van der Waals surface area contributed by atoms with Gasteiger partial charge < -0.3 is 4.98 Å². The smallest absolute Gasteiger partial charge is 0.264 e. The Hall–Kier alpha value is -1.24. The fraction of sp³-hybridized carbons (Fsp3) is 0.308. The van der Waals surface area contributed by atoms with Gasteiger partial charge in [0.25, 0.3) is 5.56 Å². The highest BCUT2D eigenvalue weighted by Crippen LogP contribution is 2.40. The Bertz CT molecular complexity index is 644. The van der Waals surface area contributed by atoms with Crippen LogP contribution in [0, 0.1) is 10.5 Å². The Balaban J connectivity index is 2.12. The van der Waals surface area contributed by atoms with Gasteiger partial charge in [-0.2, -0.15) is 0 Å². The van der Waals surface area contributed by atoms with Crippen molar-refractivity contribution in [2.24, 2.45) is 0 Å². The normalized spacial score (nSPS) is 14.8. The number of nitrogens with one attached hydrogen (secondary N) is 1. The predicted octanol–water partition coefficient (Wildman–Crippen LogP) is 2.62.